The van der Waals surface area contributed by atoms with E-state index in [1.54, 1.807) is 0 Å². The van der Waals surface area contributed by atoms with Crippen LogP contribution in [0.5, 0.6) is 0 Å². The van der Waals surface area contributed by atoms with Crippen LogP contribution in [0.2, 0.25) is 0 Å². The summed E-state index contributed by atoms with van der Waals surface area (Å²) in [6.07, 6.45) is 4.37. The van der Waals surface area contributed by atoms with E-state index in [2.05, 4.69) is 34.9 Å². The van der Waals surface area contributed by atoms with E-state index >= 15 is 0 Å². The van der Waals surface area contributed by atoms with Gasteiger partial charge in [-0.15, -0.1) is 0 Å². The van der Waals surface area contributed by atoms with Gasteiger partial charge in [0.1, 0.15) is 12.6 Å². The van der Waals surface area contributed by atoms with Gasteiger partial charge in [-0.3, -0.25) is 9.59 Å². The van der Waals surface area contributed by atoms with Crippen molar-refractivity contribution in [3.05, 3.63) is 59.7 Å². The van der Waals surface area contributed by atoms with Crippen LogP contribution in [-0.4, -0.2) is 41.8 Å². The fourth-order valence-electron chi connectivity index (χ4n) is 5.40. The Labute approximate surface area is 206 Å². The summed E-state index contributed by atoms with van der Waals surface area (Å²) in [5, 5.41) is 15.2. The number of carbonyl (C=O) groups excluding carboxylic acids is 2. The van der Waals surface area contributed by atoms with Crippen molar-refractivity contribution in [2.75, 3.05) is 6.61 Å². The van der Waals surface area contributed by atoms with Gasteiger partial charge in [-0.05, 0) is 41.5 Å². The van der Waals surface area contributed by atoms with Crippen molar-refractivity contribution >= 4 is 18.0 Å². The number of alkyl carbamates (subject to hydrolysis) is 1. The van der Waals surface area contributed by atoms with Gasteiger partial charge in [0.15, 0.2) is 0 Å². The Hall–Kier alpha value is -3.35. The van der Waals surface area contributed by atoms with E-state index < -0.39 is 30.1 Å². The lowest BCUT2D eigenvalue weighted by Crippen LogP contribution is -2.52. The van der Waals surface area contributed by atoms with Crippen LogP contribution in [-0.2, 0) is 14.3 Å². The van der Waals surface area contributed by atoms with Crippen molar-refractivity contribution in [2.45, 2.75) is 69.9 Å². The maximum absolute atomic E-state index is 13.0. The largest absolute Gasteiger partial charge is 0.481 e. The normalized spacial score (nSPS) is 20.1. The summed E-state index contributed by atoms with van der Waals surface area (Å²) in [5.74, 6) is -1.89. The number of carboxylic acid groups (broad SMARTS) is 1. The molecule has 7 nitrogen and oxygen atoms in total. The Morgan fingerprint density at radius 3 is 2.23 bits per heavy atom. The second-order valence-electron chi connectivity index (χ2n) is 9.51. The number of rotatable bonds is 8. The molecule has 0 saturated heterocycles. The number of ether oxygens (including phenoxy) is 1. The maximum atomic E-state index is 13.0. The van der Waals surface area contributed by atoms with Gasteiger partial charge in [-0.25, -0.2) is 4.79 Å². The van der Waals surface area contributed by atoms with Crippen LogP contribution in [0.4, 0.5) is 4.79 Å². The van der Waals surface area contributed by atoms with E-state index in [0.29, 0.717) is 25.7 Å². The molecule has 2 aromatic rings. The fourth-order valence-corrected chi connectivity index (χ4v) is 5.40. The Balaban J connectivity index is 1.38. The number of hydrogen-bond acceptors (Lipinski definition) is 4. The SMILES string of the molecule is CCC[C@@H](NC(=O)OCC1c2ccccc2-c2ccccc21)C(=O)NC1CCCCCC1C(=O)O. The second-order valence-corrected chi connectivity index (χ2v) is 9.51. The molecule has 2 aromatic carbocycles. The van der Waals surface area contributed by atoms with Gasteiger partial charge in [-0.1, -0.05) is 81.1 Å². The van der Waals surface area contributed by atoms with Gasteiger partial charge < -0.3 is 20.5 Å². The molecule has 7 heteroatoms. The predicted octanol–water partition coefficient (Wildman–Crippen LogP) is 4.84. The molecule has 4 rings (SSSR count). The molecule has 0 heterocycles. The topological polar surface area (TPSA) is 105 Å². The van der Waals surface area contributed by atoms with Gasteiger partial charge in [0.2, 0.25) is 5.91 Å². The Morgan fingerprint density at radius 2 is 1.60 bits per heavy atom. The Bertz CT molecular complexity index is 1020. The molecule has 1 fully saturated rings. The first-order valence-corrected chi connectivity index (χ1v) is 12.6. The van der Waals surface area contributed by atoms with Gasteiger partial charge in [-0.2, -0.15) is 0 Å². The average molecular weight is 479 g/mol. The zero-order valence-electron chi connectivity index (χ0n) is 20.2. The van der Waals surface area contributed by atoms with Gasteiger partial charge in [0, 0.05) is 12.0 Å². The number of carbonyl (C=O) groups is 3. The summed E-state index contributed by atoms with van der Waals surface area (Å²) < 4.78 is 5.61. The standard InChI is InChI=1S/C28H34N2O5/c1-2-10-25(26(31)29-24-16-5-3-4-15-22(24)27(32)33)30-28(34)35-17-23-20-13-8-6-11-18(20)19-12-7-9-14-21(19)23/h6-9,11-14,22-25H,2-5,10,15-17H2,1H3,(H,29,31)(H,30,34)(H,32,33)/t22?,24?,25-/m1/s1. The monoisotopic (exact) mass is 478 g/mol. The van der Waals surface area contributed by atoms with E-state index in [1.165, 1.54) is 0 Å². The molecule has 0 aliphatic heterocycles. The molecule has 0 radical (unpaired) electrons. The Kier molecular flexibility index (Phi) is 8.06. The molecule has 2 amide bonds. The molecular formula is C28H34N2O5. The summed E-state index contributed by atoms with van der Waals surface area (Å²) >= 11 is 0. The molecule has 2 aliphatic carbocycles. The third-order valence-corrected chi connectivity index (χ3v) is 7.19. The molecule has 0 spiro atoms. The van der Waals surface area contributed by atoms with E-state index in [4.69, 9.17) is 4.74 Å². The minimum Gasteiger partial charge on any atom is -0.481 e. The summed E-state index contributed by atoms with van der Waals surface area (Å²) in [6, 6.07) is 15.0. The van der Waals surface area contributed by atoms with Crippen LogP contribution < -0.4 is 10.6 Å². The van der Waals surface area contributed by atoms with Crippen LogP contribution in [0.25, 0.3) is 11.1 Å². The number of fused-ring (bicyclic) bond motifs is 3. The van der Waals surface area contributed by atoms with Crippen molar-refractivity contribution in [3.8, 4) is 11.1 Å². The molecule has 2 aliphatic rings. The van der Waals surface area contributed by atoms with Crippen molar-refractivity contribution in [1.82, 2.24) is 10.6 Å². The highest BCUT2D eigenvalue weighted by Crippen LogP contribution is 2.44. The lowest BCUT2D eigenvalue weighted by molar-refractivity contribution is -0.143. The highest BCUT2D eigenvalue weighted by atomic mass is 16.5. The summed E-state index contributed by atoms with van der Waals surface area (Å²) in [5.41, 5.74) is 4.54. The maximum Gasteiger partial charge on any atom is 0.407 e. The third kappa shape index (κ3) is 5.66. The minimum absolute atomic E-state index is 0.0612. The van der Waals surface area contributed by atoms with Crippen LogP contribution in [0.3, 0.4) is 0 Å². The second kappa shape index (κ2) is 11.4. The number of hydrogen-bond donors (Lipinski definition) is 3. The summed E-state index contributed by atoms with van der Waals surface area (Å²) in [7, 11) is 0. The number of amides is 2. The summed E-state index contributed by atoms with van der Waals surface area (Å²) in [6.45, 7) is 2.11. The van der Waals surface area contributed by atoms with E-state index in [1.807, 2.05) is 31.2 Å². The average Bonchev–Trinajstić information content (AvgIpc) is 2.98. The summed E-state index contributed by atoms with van der Waals surface area (Å²) in [4.78, 5) is 37.5. The number of nitrogens with one attached hydrogen (secondary N) is 2. The molecule has 2 unspecified atom stereocenters. The molecule has 0 aromatic heterocycles. The first kappa shape index (κ1) is 24.8. The fraction of sp³-hybridized carbons (Fsp3) is 0.464. The first-order valence-electron chi connectivity index (χ1n) is 12.6. The molecule has 186 valence electrons. The molecule has 35 heavy (non-hydrogen) atoms. The van der Waals surface area contributed by atoms with Gasteiger partial charge in [0.25, 0.3) is 0 Å². The predicted molar refractivity (Wildman–Crippen MR) is 133 cm³/mol. The van der Waals surface area contributed by atoms with Crippen molar-refractivity contribution < 1.29 is 24.2 Å². The molecule has 1 saturated carbocycles. The van der Waals surface area contributed by atoms with Crippen LogP contribution >= 0.6 is 0 Å². The smallest absolute Gasteiger partial charge is 0.407 e. The first-order chi connectivity index (χ1) is 17.0. The molecule has 3 atom stereocenters. The van der Waals surface area contributed by atoms with E-state index in [-0.39, 0.29) is 18.4 Å². The number of carboxylic acids is 1. The minimum atomic E-state index is -0.881. The molecule has 0 bridgehead atoms. The van der Waals surface area contributed by atoms with Crippen molar-refractivity contribution in [3.63, 3.8) is 0 Å². The van der Waals surface area contributed by atoms with Crippen molar-refractivity contribution in [2.24, 2.45) is 5.92 Å². The third-order valence-electron chi connectivity index (χ3n) is 7.19. The highest BCUT2D eigenvalue weighted by molar-refractivity contribution is 5.86. The number of benzene rings is 2. The van der Waals surface area contributed by atoms with E-state index in [0.717, 1.165) is 41.5 Å². The van der Waals surface area contributed by atoms with E-state index in [9.17, 15) is 19.5 Å². The van der Waals surface area contributed by atoms with Crippen LogP contribution in [0.1, 0.15) is 68.9 Å². The highest BCUT2D eigenvalue weighted by Gasteiger charge is 2.33. The lowest BCUT2D eigenvalue weighted by Gasteiger charge is -2.26. The molecule has 3 N–H and O–H groups in total. The van der Waals surface area contributed by atoms with Crippen LogP contribution in [0.15, 0.2) is 48.5 Å². The van der Waals surface area contributed by atoms with Gasteiger partial charge >= 0.3 is 12.1 Å². The lowest BCUT2D eigenvalue weighted by atomic mass is 9.94. The van der Waals surface area contributed by atoms with Crippen LogP contribution in [0, 0.1) is 5.92 Å². The zero-order chi connectivity index (χ0) is 24.8. The molecular weight excluding hydrogens is 444 g/mol. The van der Waals surface area contributed by atoms with Crippen molar-refractivity contribution in [1.29, 1.82) is 0 Å². The Morgan fingerprint density at radius 1 is 0.971 bits per heavy atom. The van der Waals surface area contributed by atoms with Gasteiger partial charge in [0.05, 0.1) is 5.92 Å². The number of aliphatic carboxylic acids is 1. The quantitative estimate of drug-likeness (QED) is 0.471. The zero-order valence-corrected chi connectivity index (χ0v) is 20.2.